The van der Waals surface area contributed by atoms with Crippen molar-refractivity contribution in [2.45, 2.75) is 0 Å². The first-order valence-corrected chi connectivity index (χ1v) is 4.56. The predicted octanol–water partition coefficient (Wildman–Crippen LogP) is 2.22. The lowest BCUT2D eigenvalue weighted by Gasteiger charge is -2.07. The maximum absolute atomic E-state index is 13.3. The summed E-state index contributed by atoms with van der Waals surface area (Å²) in [7, 11) is 0. The van der Waals surface area contributed by atoms with E-state index in [4.69, 9.17) is 5.73 Å². The van der Waals surface area contributed by atoms with Crippen LogP contribution in [0.15, 0.2) is 24.5 Å². The van der Waals surface area contributed by atoms with Crippen molar-refractivity contribution in [2.75, 3.05) is 11.1 Å². The van der Waals surface area contributed by atoms with Crippen molar-refractivity contribution < 1.29 is 13.2 Å². The van der Waals surface area contributed by atoms with Crippen LogP contribution in [0.25, 0.3) is 0 Å². The largest absolute Gasteiger partial charge is 0.382 e. The third-order valence-corrected chi connectivity index (χ3v) is 1.97. The SMILES string of the molecule is Nc1cnc(Nc2ccc(F)c(F)c2F)cn1. The highest BCUT2D eigenvalue weighted by Gasteiger charge is 2.13. The fraction of sp³-hybridized carbons (Fsp3) is 0. The van der Waals surface area contributed by atoms with Crippen LogP contribution in [-0.2, 0) is 0 Å². The van der Waals surface area contributed by atoms with Crippen LogP contribution in [0.5, 0.6) is 0 Å². The van der Waals surface area contributed by atoms with E-state index in [2.05, 4.69) is 15.3 Å². The molecule has 1 aromatic carbocycles. The minimum atomic E-state index is -1.54. The highest BCUT2D eigenvalue weighted by molar-refractivity contribution is 5.56. The molecular formula is C10H7F3N4. The lowest BCUT2D eigenvalue weighted by atomic mass is 10.3. The van der Waals surface area contributed by atoms with Gasteiger partial charge in [0.05, 0.1) is 18.1 Å². The minimum Gasteiger partial charge on any atom is -0.382 e. The van der Waals surface area contributed by atoms with Crippen molar-refractivity contribution in [1.29, 1.82) is 0 Å². The predicted molar refractivity (Wildman–Crippen MR) is 56.0 cm³/mol. The topological polar surface area (TPSA) is 63.8 Å². The molecule has 0 radical (unpaired) electrons. The zero-order chi connectivity index (χ0) is 12.4. The quantitative estimate of drug-likeness (QED) is 0.790. The van der Waals surface area contributed by atoms with Gasteiger partial charge < -0.3 is 11.1 Å². The second-order valence-corrected chi connectivity index (χ2v) is 3.17. The lowest BCUT2D eigenvalue weighted by Crippen LogP contribution is -2.01. The third-order valence-electron chi connectivity index (χ3n) is 1.97. The van der Waals surface area contributed by atoms with E-state index in [1.165, 1.54) is 12.4 Å². The summed E-state index contributed by atoms with van der Waals surface area (Å²) in [5.74, 6) is -3.75. The molecule has 0 aliphatic heterocycles. The fourth-order valence-electron chi connectivity index (χ4n) is 1.16. The molecular weight excluding hydrogens is 233 g/mol. The van der Waals surface area contributed by atoms with Crippen molar-refractivity contribution >= 4 is 17.3 Å². The molecule has 0 spiro atoms. The van der Waals surface area contributed by atoms with E-state index in [1.807, 2.05) is 0 Å². The molecule has 0 atom stereocenters. The summed E-state index contributed by atoms with van der Waals surface area (Å²) in [6.45, 7) is 0. The molecule has 1 heterocycles. The Hall–Kier alpha value is -2.31. The molecule has 17 heavy (non-hydrogen) atoms. The molecule has 0 amide bonds. The van der Waals surface area contributed by atoms with Gasteiger partial charge in [-0.25, -0.2) is 23.1 Å². The molecule has 0 aliphatic rings. The Morgan fingerprint density at radius 1 is 1.00 bits per heavy atom. The summed E-state index contributed by atoms with van der Waals surface area (Å²) >= 11 is 0. The molecule has 2 aromatic rings. The molecule has 4 nitrogen and oxygen atoms in total. The number of nitrogens with one attached hydrogen (secondary N) is 1. The Morgan fingerprint density at radius 2 is 1.76 bits per heavy atom. The van der Waals surface area contributed by atoms with Gasteiger partial charge in [-0.1, -0.05) is 0 Å². The molecule has 0 aliphatic carbocycles. The van der Waals surface area contributed by atoms with Gasteiger partial charge in [0.15, 0.2) is 17.5 Å². The highest BCUT2D eigenvalue weighted by atomic mass is 19.2. The van der Waals surface area contributed by atoms with E-state index in [-0.39, 0.29) is 17.3 Å². The Bertz CT molecular complexity index is 542. The van der Waals surface area contributed by atoms with Crippen LogP contribution in [0, 0.1) is 17.5 Å². The monoisotopic (exact) mass is 240 g/mol. The molecule has 0 fully saturated rings. The Balaban J connectivity index is 2.30. The summed E-state index contributed by atoms with van der Waals surface area (Å²) < 4.78 is 38.9. The van der Waals surface area contributed by atoms with Gasteiger partial charge in [-0.05, 0) is 12.1 Å². The van der Waals surface area contributed by atoms with Gasteiger partial charge >= 0.3 is 0 Å². The number of aromatic nitrogens is 2. The molecule has 3 N–H and O–H groups in total. The van der Waals surface area contributed by atoms with E-state index in [1.54, 1.807) is 0 Å². The van der Waals surface area contributed by atoms with Gasteiger partial charge in [-0.2, -0.15) is 0 Å². The molecule has 0 unspecified atom stereocenters. The number of benzene rings is 1. The Morgan fingerprint density at radius 3 is 2.41 bits per heavy atom. The maximum Gasteiger partial charge on any atom is 0.196 e. The van der Waals surface area contributed by atoms with Gasteiger partial charge in [-0.3, -0.25) is 0 Å². The smallest absolute Gasteiger partial charge is 0.196 e. The second kappa shape index (κ2) is 4.28. The van der Waals surface area contributed by atoms with Gasteiger partial charge in [0.2, 0.25) is 0 Å². The summed E-state index contributed by atoms with van der Waals surface area (Å²) in [4.78, 5) is 7.49. The zero-order valence-electron chi connectivity index (χ0n) is 8.42. The van der Waals surface area contributed by atoms with Gasteiger partial charge in [0.1, 0.15) is 11.6 Å². The van der Waals surface area contributed by atoms with Crippen LogP contribution in [-0.4, -0.2) is 9.97 Å². The normalized spacial score (nSPS) is 10.3. The van der Waals surface area contributed by atoms with Crippen LogP contribution in [0.2, 0.25) is 0 Å². The van der Waals surface area contributed by atoms with E-state index in [0.29, 0.717) is 0 Å². The first-order valence-electron chi connectivity index (χ1n) is 4.56. The van der Waals surface area contributed by atoms with Crippen molar-refractivity contribution in [3.8, 4) is 0 Å². The van der Waals surface area contributed by atoms with Crippen molar-refractivity contribution in [3.63, 3.8) is 0 Å². The zero-order valence-corrected chi connectivity index (χ0v) is 8.42. The van der Waals surface area contributed by atoms with E-state index in [9.17, 15) is 13.2 Å². The average molecular weight is 240 g/mol. The minimum absolute atomic E-state index is 0.170. The first-order chi connectivity index (χ1) is 8.08. The molecule has 0 bridgehead atoms. The summed E-state index contributed by atoms with van der Waals surface area (Å²) in [6, 6.07) is 1.87. The van der Waals surface area contributed by atoms with Gasteiger partial charge in [0, 0.05) is 0 Å². The van der Waals surface area contributed by atoms with Crippen LogP contribution in [0.1, 0.15) is 0 Å². The number of nitrogen functional groups attached to an aromatic ring is 1. The van der Waals surface area contributed by atoms with Crippen molar-refractivity contribution in [3.05, 3.63) is 42.0 Å². The first kappa shape index (κ1) is 11.2. The number of hydrogen-bond acceptors (Lipinski definition) is 4. The number of anilines is 3. The maximum atomic E-state index is 13.3. The van der Waals surface area contributed by atoms with Gasteiger partial charge in [-0.15, -0.1) is 0 Å². The average Bonchev–Trinajstić information content (AvgIpc) is 2.33. The number of rotatable bonds is 2. The summed E-state index contributed by atoms with van der Waals surface area (Å²) in [6.07, 6.45) is 2.50. The molecule has 2 rings (SSSR count). The van der Waals surface area contributed by atoms with E-state index < -0.39 is 17.5 Å². The Labute approximate surface area is 94.3 Å². The second-order valence-electron chi connectivity index (χ2n) is 3.17. The summed E-state index contributed by atoms with van der Waals surface area (Å²) in [5.41, 5.74) is 5.08. The van der Waals surface area contributed by atoms with E-state index in [0.717, 1.165) is 12.1 Å². The lowest BCUT2D eigenvalue weighted by molar-refractivity contribution is 0.449. The van der Waals surface area contributed by atoms with Crippen LogP contribution < -0.4 is 11.1 Å². The number of hydrogen-bond donors (Lipinski definition) is 2. The third kappa shape index (κ3) is 2.27. The van der Waals surface area contributed by atoms with Crippen LogP contribution in [0.4, 0.5) is 30.5 Å². The van der Waals surface area contributed by atoms with Crippen molar-refractivity contribution in [2.24, 2.45) is 0 Å². The molecule has 0 saturated carbocycles. The number of nitrogens with two attached hydrogens (primary N) is 1. The summed E-state index contributed by atoms with van der Waals surface area (Å²) in [5, 5.41) is 2.46. The van der Waals surface area contributed by atoms with E-state index >= 15 is 0 Å². The number of nitrogens with zero attached hydrogens (tertiary/aromatic N) is 2. The molecule has 0 saturated heterocycles. The standard InChI is InChI=1S/C10H7F3N4/c11-5-1-2-6(10(13)9(5)12)17-8-4-15-7(14)3-16-8/h1-4H,(H2,14,15)(H,16,17). The van der Waals surface area contributed by atoms with Crippen LogP contribution >= 0.6 is 0 Å². The Kier molecular flexibility index (Phi) is 2.82. The highest BCUT2D eigenvalue weighted by Crippen LogP contribution is 2.22. The van der Waals surface area contributed by atoms with Gasteiger partial charge in [0.25, 0.3) is 0 Å². The van der Waals surface area contributed by atoms with Crippen molar-refractivity contribution in [1.82, 2.24) is 9.97 Å². The number of halogens is 3. The van der Waals surface area contributed by atoms with Crippen LogP contribution in [0.3, 0.4) is 0 Å². The molecule has 1 aromatic heterocycles. The fourth-order valence-corrected chi connectivity index (χ4v) is 1.16. The molecule has 88 valence electrons. The molecule has 7 heteroatoms.